The molecule has 1 atom stereocenters. The van der Waals surface area contributed by atoms with Crippen LogP contribution in [-0.2, 0) is 11.2 Å². The van der Waals surface area contributed by atoms with Crippen molar-refractivity contribution in [2.24, 2.45) is 0 Å². The lowest BCUT2D eigenvalue weighted by molar-refractivity contribution is -0.132. The predicted octanol–water partition coefficient (Wildman–Crippen LogP) is 3.01. The van der Waals surface area contributed by atoms with Crippen LogP contribution in [0.1, 0.15) is 43.8 Å². The highest BCUT2D eigenvalue weighted by Crippen LogP contribution is 2.30. The minimum Gasteiger partial charge on any atom is -0.359 e. The van der Waals surface area contributed by atoms with Gasteiger partial charge in [-0.3, -0.25) is 4.79 Å². The Morgan fingerprint density at radius 1 is 1.00 bits per heavy atom. The van der Waals surface area contributed by atoms with E-state index in [1.54, 1.807) is 0 Å². The van der Waals surface area contributed by atoms with Crippen LogP contribution >= 0.6 is 0 Å². The normalized spacial score (nSPS) is 17.6. The van der Waals surface area contributed by atoms with E-state index >= 15 is 0 Å². The first kappa shape index (κ1) is 19.7. The molecule has 0 unspecified atom stereocenters. The Bertz CT molecular complexity index is 889. The summed E-state index contributed by atoms with van der Waals surface area (Å²) in [4.78, 5) is 29.0. The SMILES string of the molecule is Cc1cc(N2CCN(C(=O)[C@H](C)N3CCc4ccccc43)CC2)nc(C(C)C)n1. The van der Waals surface area contributed by atoms with E-state index in [1.165, 1.54) is 11.3 Å². The number of para-hydroxylation sites is 1. The quantitative estimate of drug-likeness (QED) is 0.799. The lowest BCUT2D eigenvalue weighted by Crippen LogP contribution is -2.54. The number of hydrogen-bond donors (Lipinski definition) is 0. The number of nitrogens with zero attached hydrogens (tertiary/aromatic N) is 5. The highest BCUT2D eigenvalue weighted by molar-refractivity contribution is 5.86. The van der Waals surface area contributed by atoms with Crippen molar-refractivity contribution in [3.63, 3.8) is 0 Å². The molecule has 0 spiro atoms. The third-order valence-corrected chi connectivity index (χ3v) is 6.04. The number of fused-ring (bicyclic) bond motifs is 1. The molecule has 0 bridgehead atoms. The van der Waals surface area contributed by atoms with Crippen LogP contribution in [0.15, 0.2) is 30.3 Å². The maximum absolute atomic E-state index is 13.2. The minimum absolute atomic E-state index is 0.126. The summed E-state index contributed by atoms with van der Waals surface area (Å²) in [6.07, 6.45) is 1.02. The van der Waals surface area contributed by atoms with Crippen molar-refractivity contribution >= 4 is 17.4 Å². The summed E-state index contributed by atoms with van der Waals surface area (Å²) < 4.78 is 0. The van der Waals surface area contributed by atoms with E-state index < -0.39 is 0 Å². The van der Waals surface area contributed by atoms with Gasteiger partial charge in [0, 0.05) is 56.1 Å². The summed E-state index contributed by atoms with van der Waals surface area (Å²) in [6, 6.07) is 10.4. The van der Waals surface area contributed by atoms with E-state index in [1.807, 2.05) is 24.8 Å². The number of aryl methyl sites for hydroxylation is 1. The van der Waals surface area contributed by atoms with Crippen molar-refractivity contribution in [2.45, 2.75) is 46.1 Å². The summed E-state index contributed by atoms with van der Waals surface area (Å²) in [7, 11) is 0. The molecule has 154 valence electrons. The van der Waals surface area contributed by atoms with Gasteiger partial charge in [0.1, 0.15) is 17.7 Å². The van der Waals surface area contributed by atoms with Gasteiger partial charge in [0.05, 0.1) is 0 Å². The molecule has 1 saturated heterocycles. The van der Waals surface area contributed by atoms with Crippen LogP contribution in [0.5, 0.6) is 0 Å². The van der Waals surface area contributed by atoms with E-state index in [-0.39, 0.29) is 11.9 Å². The van der Waals surface area contributed by atoms with Gasteiger partial charge in [-0.1, -0.05) is 32.0 Å². The molecule has 2 aliphatic rings. The van der Waals surface area contributed by atoms with E-state index in [4.69, 9.17) is 4.98 Å². The van der Waals surface area contributed by atoms with Crippen molar-refractivity contribution in [2.75, 3.05) is 42.5 Å². The van der Waals surface area contributed by atoms with Gasteiger partial charge in [0.2, 0.25) is 5.91 Å². The number of rotatable bonds is 4. The molecule has 0 radical (unpaired) electrons. The molecule has 2 aromatic rings. The number of hydrogen-bond acceptors (Lipinski definition) is 5. The molecular formula is C23H31N5O. The molecule has 1 aromatic carbocycles. The maximum atomic E-state index is 13.2. The second-order valence-corrected chi connectivity index (χ2v) is 8.44. The lowest BCUT2D eigenvalue weighted by atomic mass is 10.1. The molecule has 3 heterocycles. The van der Waals surface area contributed by atoms with Gasteiger partial charge in [-0.05, 0) is 31.9 Å². The molecule has 4 rings (SSSR count). The molecule has 1 aromatic heterocycles. The molecule has 1 fully saturated rings. The summed E-state index contributed by atoms with van der Waals surface area (Å²) in [5.41, 5.74) is 3.56. The van der Waals surface area contributed by atoms with Crippen molar-refractivity contribution < 1.29 is 4.79 Å². The van der Waals surface area contributed by atoms with Gasteiger partial charge in [-0.25, -0.2) is 9.97 Å². The number of anilines is 2. The highest BCUT2D eigenvalue weighted by atomic mass is 16.2. The zero-order valence-corrected chi connectivity index (χ0v) is 17.9. The van der Waals surface area contributed by atoms with Crippen LogP contribution in [0.4, 0.5) is 11.5 Å². The number of aromatic nitrogens is 2. The molecule has 2 aliphatic heterocycles. The molecule has 0 aliphatic carbocycles. The topological polar surface area (TPSA) is 52.6 Å². The summed E-state index contributed by atoms with van der Waals surface area (Å²) in [5, 5.41) is 0. The van der Waals surface area contributed by atoms with Crippen LogP contribution in [0.2, 0.25) is 0 Å². The van der Waals surface area contributed by atoms with E-state index in [0.29, 0.717) is 5.92 Å². The van der Waals surface area contributed by atoms with Crippen LogP contribution in [-0.4, -0.2) is 59.5 Å². The molecule has 6 nitrogen and oxygen atoms in total. The first-order valence-electron chi connectivity index (χ1n) is 10.7. The monoisotopic (exact) mass is 393 g/mol. The molecule has 1 amide bonds. The van der Waals surface area contributed by atoms with Gasteiger partial charge >= 0.3 is 0 Å². The first-order valence-corrected chi connectivity index (χ1v) is 10.7. The van der Waals surface area contributed by atoms with Crippen molar-refractivity contribution in [3.05, 3.63) is 47.4 Å². The Labute approximate surface area is 173 Å². The Morgan fingerprint density at radius 3 is 2.45 bits per heavy atom. The van der Waals surface area contributed by atoms with Gasteiger partial charge in [-0.2, -0.15) is 0 Å². The van der Waals surface area contributed by atoms with Crippen molar-refractivity contribution in [1.82, 2.24) is 14.9 Å². The average molecular weight is 394 g/mol. The smallest absolute Gasteiger partial charge is 0.245 e. The van der Waals surface area contributed by atoms with Gasteiger partial charge in [0.15, 0.2) is 0 Å². The minimum atomic E-state index is -0.126. The largest absolute Gasteiger partial charge is 0.359 e. The summed E-state index contributed by atoms with van der Waals surface area (Å²) in [5.74, 6) is 2.40. The second kappa shape index (κ2) is 8.01. The number of piperazine rings is 1. The number of amides is 1. The molecular weight excluding hydrogens is 362 g/mol. The fraction of sp³-hybridized carbons (Fsp3) is 0.522. The van der Waals surface area contributed by atoms with Crippen molar-refractivity contribution in [1.29, 1.82) is 0 Å². The van der Waals surface area contributed by atoms with E-state index in [9.17, 15) is 4.79 Å². The highest BCUT2D eigenvalue weighted by Gasteiger charge is 2.32. The van der Waals surface area contributed by atoms with Crippen LogP contribution < -0.4 is 9.80 Å². The van der Waals surface area contributed by atoms with Crippen LogP contribution in [0.25, 0.3) is 0 Å². The van der Waals surface area contributed by atoms with Crippen LogP contribution in [0.3, 0.4) is 0 Å². The molecule has 0 N–H and O–H groups in total. The predicted molar refractivity (Wildman–Crippen MR) is 117 cm³/mol. The molecule has 29 heavy (non-hydrogen) atoms. The second-order valence-electron chi connectivity index (χ2n) is 8.44. The maximum Gasteiger partial charge on any atom is 0.245 e. The van der Waals surface area contributed by atoms with E-state index in [2.05, 4.69) is 52.9 Å². The number of carbonyl (C=O) groups is 1. The fourth-order valence-electron chi connectivity index (χ4n) is 4.31. The first-order chi connectivity index (χ1) is 13.9. The Balaban J connectivity index is 1.40. The van der Waals surface area contributed by atoms with Gasteiger partial charge < -0.3 is 14.7 Å². The Hall–Kier alpha value is -2.63. The van der Waals surface area contributed by atoms with Crippen molar-refractivity contribution in [3.8, 4) is 0 Å². The van der Waals surface area contributed by atoms with Gasteiger partial charge in [0.25, 0.3) is 0 Å². The average Bonchev–Trinajstić information content (AvgIpc) is 3.16. The summed E-state index contributed by atoms with van der Waals surface area (Å²) >= 11 is 0. The Kier molecular flexibility index (Phi) is 5.43. The molecule has 0 saturated carbocycles. The van der Waals surface area contributed by atoms with Crippen LogP contribution in [0, 0.1) is 6.92 Å². The van der Waals surface area contributed by atoms with E-state index in [0.717, 1.165) is 56.5 Å². The lowest BCUT2D eigenvalue weighted by Gasteiger charge is -2.38. The zero-order chi connectivity index (χ0) is 20.5. The summed E-state index contributed by atoms with van der Waals surface area (Å²) in [6.45, 7) is 12.3. The standard InChI is InChI=1S/C23H31N5O/c1-16(2)22-24-17(3)15-21(25-22)26-11-13-27(14-12-26)23(29)18(4)28-10-9-19-7-5-6-8-20(19)28/h5-8,15-16,18H,9-14H2,1-4H3/t18-/m0/s1. The Morgan fingerprint density at radius 2 is 1.72 bits per heavy atom. The third kappa shape index (κ3) is 3.93. The molecule has 6 heteroatoms. The third-order valence-electron chi connectivity index (χ3n) is 6.04. The number of benzene rings is 1. The van der Waals surface area contributed by atoms with Gasteiger partial charge in [-0.15, -0.1) is 0 Å². The zero-order valence-electron chi connectivity index (χ0n) is 17.9. The fourth-order valence-corrected chi connectivity index (χ4v) is 4.31. The number of carbonyl (C=O) groups excluding carboxylic acids is 1.